The molecule has 9 heteroatoms. The molecule has 32 heavy (non-hydrogen) atoms. The monoisotopic (exact) mass is 439 g/mol. The average Bonchev–Trinajstić information content (AvgIpc) is 3.14. The van der Waals surface area contributed by atoms with Gasteiger partial charge in [-0.15, -0.1) is 0 Å². The van der Waals surface area contributed by atoms with Crippen molar-refractivity contribution >= 4 is 29.4 Å². The van der Waals surface area contributed by atoms with Crippen LogP contribution < -0.4 is 15.5 Å². The summed E-state index contributed by atoms with van der Waals surface area (Å²) in [5.41, 5.74) is 5.35. The normalized spacial score (nSPS) is 15.3. The summed E-state index contributed by atoms with van der Waals surface area (Å²) in [6.07, 6.45) is -0.121. The van der Waals surface area contributed by atoms with Gasteiger partial charge in [-0.1, -0.05) is 29.8 Å². The first-order chi connectivity index (χ1) is 15.3. The summed E-state index contributed by atoms with van der Waals surface area (Å²) in [5.74, 6) is -2.52. The number of nitrogens with one attached hydrogen (secondary N) is 2. The molecule has 168 valence electrons. The number of anilines is 1. The number of benzene rings is 2. The Balaban J connectivity index is 1.51. The molecule has 2 aromatic rings. The standard InChI is InChI=1S/C23H25N3O6/c1-14-8-9-18(15(2)10-14)24-20(27)13-32-23(30)16-11-21(28)26(12-16)25-22(29)17-6-4-5-7-19(17)31-3/h4-10,16H,11-13H2,1-3H3,(H,24,27)(H,25,29)/t16-/m1/s1. The second kappa shape index (κ2) is 9.95. The zero-order valence-corrected chi connectivity index (χ0v) is 18.1. The maximum atomic E-state index is 12.5. The van der Waals surface area contributed by atoms with E-state index in [1.165, 1.54) is 7.11 Å². The van der Waals surface area contributed by atoms with Gasteiger partial charge >= 0.3 is 5.97 Å². The number of hydrogen-bond donors (Lipinski definition) is 2. The number of carbonyl (C=O) groups is 4. The highest BCUT2D eigenvalue weighted by Crippen LogP contribution is 2.21. The molecule has 0 bridgehead atoms. The largest absolute Gasteiger partial charge is 0.496 e. The first-order valence-corrected chi connectivity index (χ1v) is 10.1. The van der Waals surface area contributed by atoms with Crippen LogP contribution in [0.5, 0.6) is 5.75 Å². The lowest BCUT2D eigenvalue weighted by atomic mass is 10.1. The third-order valence-corrected chi connectivity index (χ3v) is 5.05. The van der Waals surface area contributed by atoms with Gasteiger partial charge in [-0.05, 0) is 37.6 Å². The van der Waals surface area contributed by atoms with E-state index in [1.807, 2.05) is 26.0 Å². The Morgan fingerprint density at radius 3 is 2.59 bits per heavy atom. The molecule has 3 rings (SSSR count). The number of hydrazine groups is 1. The van der Waals surface area contributed by atoms with Crippen LogP contribution in [0.2, 0.25) is 0 Å². The van der Waals surface area contributed by atoms with E-state index in [1.54, 1.807) is 30.3 Å². The molecule has 1 aliphatic rings. The minimum atomic E-state index is -0.783. The number of hydrogen-bond acceptors (Lipinski definition) is 6. The molecule has 0 aromatic heterocycles. The molecule has 0 radical (unpaired) electrons. The summed E-state index contributed by atoms with van der Waals surface area (Å²) >= 11 is 0. The summed E-state index contributed by atoms with van der Waals surface area (Å²) in [6, 6.07) is 12.2. The van der Waals surface area contributed by atoms with Crippen molar-refractivity contribution in [2.45, 2.75) is 20.3 Å². The predicted molar refractivity (Wildman–Crippen MR) is 116 cm³/mol. The lowest BCUT2D eigenvalue weighted by Crippen LogP contribution is -2.43. The van der Waals surface area contributed by atoms with E-state index in [-0.39, 0.29) is 18.5 Å². The second-order valence-electron chi connectivity index (χ2n) is 7.52. The third-order valence-electron chi connectivity index (χ3n) is 5.05. The highest BCUT2D eigenvalue weighted by atomic mass is 16.5. The third kappa shape index (κ3) is 5.42. The Labute approximate surface area is 185 Å². The first-order valence-electron chi connectivity index (χ1n) is 10.1. The lowest BCUT2D eigenvalue weighted by Gasteiger charge is -2.18. The van der Waals surface area contributed by atoms with Gasteiger partial charge in [0, 0.05) is 12.1 Å². The Hall–Kier alpha value is -3.88. The van der Waals surface area contributed by atoms with Gasteiger partial charge in [-0.2, -0.15) is 0 Å². The molecule has 0 spiro atoms. The van der Waals surface area contributed by atoms with E-state index in [2.05, 4.69) is 10.7 Å². The maximum absolute atomic E-state index is 12.5. The molecule has 1 aliphatic heterocycles. The van der Waals surface area contributed by atoms with Crippen LogP contribution in [0.3, 0.4) is 0 Å². The molecular formula is C23H25N3O6. The highest BCUT2D eigenvalue weighted by molar-refractivity contribution is 5.99. The number of amides is 3. The van der Waals surface area contributed by atoms with E-state index in [0.29, 0.717) is 11.4 Å². The van der Waals surface area contributed by atoms with Crippen LogP contribution in [0.1, 0.15) is 27.9 Å². The van der Waals surface area contributed by atoms with Crippen molar-refractivity contribution in [3.63, 3.8) is 0 Å². The minimum absolute atomic E-state index is 0.0444. The fraction of sp³-hybridized carbons (Fsp3) is 0.304. The van der Waals surface area contributed by atoms with E-state index < -0.39 is 36.2 Å². The van der Waals surface area contributed by atoms with Crippen LogP contribution in [-0.2, 0) is 19.1 Å². The zero-order chi connectivity index (χ0) is 23.3. The van der Waals surface area contributed by atoms with Crippen molar-refractivity contribution < 1.29 is 28.7 Å². The summed E-state index contributed by atoms with van der Waals surface area (Å²) in [6.45, 7) is 3.31. The maximum Gasteiger partial charge on any atom is 0.311 e. The van der Waals surface area contributed by atoms with Crippen molar-refractivity contribution in [1.82, 2.24) is 10.4 Å². The van der Waals surface area contributed by atoms with Crippen molar-refractivity contribution in [3.8, 4) is 5.75 Å². The topological polar surface area (TPSA) is 114 Å². The summed E-state index contributed by atoms with van der Waals surface area (Å²) in [7, 11) is 1.44. The molecule has 1 saturated heterocycles. The number of methoxy groups -OCH3 is 1. The number of ether oxygens (including phenoxy) is 2. The summed E-state index contributed by atoms with van der Waals surface area (Å²) < 4.78 is 10.2. The van der Waals surface area contributed by atoms with Gasteiger partial charge in [0.25, 0.3) is 11.8 Å². The fourth-order valence-corrected chi connectivity index (χ4v) is 3.38. The molecular weight excluding hydrogens is 414 g/mol. The number of para-hydroxylation sites is 1. The molecule has 0 saturated carbocycles. The van der Waals surface area contributed by atoms with Crippen molar-refractivity contribution in [1.29, 1.82) is 0 Å². The smallest absolute Gasteiger partial charge is 0.311 e. The second-order valence-corrected chi connectivity index (χ2v) is 7.52. The minimum Gasteiger partial charge on any atom is -0.496 e. The number of aryl methyl sites for hydroxylation is 2. The Kier molecular flexibility index (Phi) is 7.09. The zero-order valence-electron chi connectivity index (χ0n) is 18.1. The molecule has 2 aromatic carbocycles. The van der Waals surface area contributed by atoms with Gasteiger partial charge in [-0.3, -0.25) is 29.6 Å². The van der Waals surface area contributed by atoms with Crippen LogP contribution in [0, 0.1) is 19.8 Å². The van der Waals surface area contributed by atoms with Crippen LogP contribution >= 0.6 is 0 Å². The van der Waals surface area contributed by atoms with Gasteiger partial charge in [-0.25, -0.2) is 0 Å². The molecule has 0 aliphatic carbocycles. The Morgan fingerprint density at radius 2 is 1.88 bits per heavy atom. The molecule has 3 amide bonds. The Morgan fingerprint density at radius 1 is 1.12 bits per heavy atom. The number of esters is 1. The van der Waals surface area contributed by atoms with Gasteiger partial charge in [0.2, 0.25) is 5.91 Å². The van der Waals surface area contributed by atoms with Crippen molar-refractivity contribution in [2.75, 3.05) is 25.6 Å². The van der Waals surface area contributed by atoms with E-state index in [0.717, 1.165) is 16.1 Å². The number of nitrogens with zero attached hydrogens (tertiary/aromatic N) is 1. The Bertz CT molecular complexity index is 1050. The van der Waals surface area contributed by atoms with E-state index in [4.69, 9.17) is 9.47 Å². The quantitative estimate of drug-likeness (QED) is 0.638. The van der Waals surface area contributed by atoms with Gasteiger partial charge in [0.05, 0.1) is 25.1 Å². The van der Waals surface area contributed by atoms with Crippen molar-refractivity contribution in [2.24, 2.45) is 5.92 Å². The molecule has 0 unspecified atom stereocenters. The van der Waals surface area contributed by atoms with Gasteiger partial charge in [0.1, 0.15) is 5.75 Å². The van der Waals surface area contributed by atoms with Crippen molar-refractivity contribution in [3.05, 3.63) is 59.2 Å². The lowest BCUT2D eigenvalue weighted by molar-refractivity contribution is -0.151. The predicted octanol–water partition coefficient (Wildman–Crippen LogP) is 1.99. The number of rotatable bonds is 7. The summed E-state index contributed by atoms with van der Waals surface area (Å²) in [4.78, 5) is 49.2. The molecule has 9 nitrogen and oxygen atoms in total. The first kappa shape index (κ1) is 22.8. The highest BCUT2D eigenvalue weighted by Gasteiger charge is 2.37. The molecule has 1 atom stereocenters. The van der Waals surface area contributed by atoms with Crippen LogP contribution in [-0.4, -0.2) is 49.0 Å². The molecule has 1 fully saturated rings. The number of carbonyl (C=O) groups excluding carboxylic acids is 4. The van der Waals surface area contributed by atoms with Gasteiger partial charge < -0.3 is 14.8 Å². The SMILES string of the molecule is COc1ccccc1C(=O)NN1C[C@H](C(=O)OCC(=O)Nc2ccc(C)cc2C)CC1=O. The van der Waals surface area contributed by atoms with E-state index in [9.17, 15) is 19.2 Å². The molecule has 1 heterocycles. The molecule has 2 N–H and O–H groups in total. The van der Waals surface area contributed by atoms with Crippen LogP contribution in [0.4, 0.5) is 5.69 Å². The average molecular weight is 439 g/mol. The van der Waals surface area contributed by atoms with Crippen LogP contribution in [0.15, 0.2) is 42.5 Å². The summed E-state index contributed by atoms with van der Waals surface area (Å²) in [5, 5.41) is 3.77. The van der Waals surface area contributed by atoms with Gasteiger partial charge in [0.15, 0.2) is 6.61 Å². The van der Waals surface area contributed by atoms with Crippen LogP contribution in [0.25, 0.3) is 0 Å². The fourth-order valence-electron chi connectivity index (χ4n) is 3.38. The van der Waals surface area contributed by atoms with E-state index >= 15 is 0 Å².